The van der Waals surface area contributed by atoms with Crippen molar-refractivity contribution in [1.82, 2.24) is 10.2 Å². The number of hydrogen-bond donors (Lipinski definition) is 2. The lowest BCUT2D eigenvalue weighted by Gasteiger charge is -2.36. The number of piperidine rings is 1. The number of rotatable bonds is 6. The third-order valence-electron chi connectivity index (χ3n) is 5.62. The molecule has 4 heteroatoms. The van der Waals surface area contributed by atoms with Crippen molar-refractivity contribution in [1.29, 1.82) is 0 Å². The molecule has 1 heterocycles. The number of nitrogens with zero attached hydrogens (tertiary/aromatic N) is 1. The van der Waals surface area contributed by atoms with Gasteiger partial charge in [0, 0.05) is 18.5 Å². The van der Waals surface area contributed by atoms with E-state index < -0.39 is 0 Å². The lowest BCUT2D eigenvalue weighted by molar-refractivity contribution is -0.126. The number of carbonyl (C=O) groups is 1. The molecule has 0 spiro atoms. The molecule has 1 aromatic rings. The highest BCUT2D eigenvalue weighted by atomic mass is 16.3. The number of hydrogen-bond acceptors (Lipinski definition) is 3. The number of fused-ring (bicyclic) bond motifs is 1. The summed E-state index contributed by atoms with van der Waals surface area (Å²) in [4.78, 5) is 14.6. The predicted molar refractivity (Wildman–Crippen MR) is 95.7 cm³/mol. The van der Waals surface area contributed by atoms with E-state index in [1.165, 1.54) is 18.4 Å². The van der Waals surface area contributed by atoms with Gasteiger partial charge >= 0.3 is 0 Å². The maximum absolute atomic E-state index is 12.3. The van der Waals surface area contributed by atoms with Crippen LogP contribution >= 0.6 is 0 Å². The molecule has 2 aliphatic rings. The number of amides is 1. The van der Waals surface area contributed by atoms with E-state index in [9.17, 15) is 9.90 Å². The van der Waals surface area contributed by atoms with Crippen LogP contribution in [0.4, 0.5) is 0 Å². The fourth-order valence-corrected chi connectivity index (χ4v) is 4.11. The minimum atomic E-state index is -0.388. The zero-order chi connectivity index (χ0) is 16.9. The Hall–Kier alpha value is -1.39. The molecule has 2 unspecified atom stereocenters. The highest BCUT2D eigenvalue weighted by Crippen LogP contribution is 2.35. The van der Waals surface area contributed by atoms with E-state index in [4.69, 9.17) is 0 Å². The molecule has 132 valence electrons. The van der Waals surface area contributed by atoms with Crippen LogP contribution in [0.2, 0.25) is 0 Å². The van der Waals surface area contributed by atoms with Crippen molar-refractivity contribution in [2.75, 3.05) is 19.6 Å². The standard InChI is InChI=1S/C20H30N2O2/c1-2-3-6-11-21-20(24)15-9-12-22(13-10-15)18-14-16-7-4-5-8-17(16)19(18)23/h4-5,7-8,15,18-19,23H,2-3,6,9-14H2,1H3,(H,21,24). The average molecular weight is 330 g/mol. The van der Waals surface area contributed by atoms with Gasteiger partial charge in [0.05, 0.1) is 6.10 Å². The van der Waals surface area contributed by atoms with E-state index in [1.807, 2.05) is 18.2 Å². The number of carbonyl (C=O) groups excluding carboxylic acids is 1. The van der Waals surface area contributed by atoms with Gasteiger partial charge in [0.1, 0.15) is 0 Å². The van der Waals surface area contributed by atoms with Crippen molar-refractivity contribution in [3.8, 4) is 0 Å². The third-order valence-corrected chi connectivity index (χ3v) is 5.62. The SMILES string of the molecule is CCCCCNC(=O)C1CCN(C2Cc3ccccc3C2O)CC1. The molecule has 1 aliphatic heterocycles. The fourth-order valence-electron chi connectivity index (χ4n) is 4.11. The van der Waals surface area contributed by atoms with Crippen LogP contribution < -0.4 is 5.32 Å². The number of aliphatic hydroxyl groups excluding tert-OH is 1. The summed E-state index contributed by atoms with van der Waals surface area (Å²) in [5.74, 6) is 0.366. The first-order valence-corrected chi connectivity index (χ1v) is 9.48. The second kappa shape index (κ2) is 8.13. The second-order valence-corrected chi connectivity index (χ2v) is 7.22. The molecule has 1 amide bonds. The Morgan fingerprint density at radius 1 is 1.25 bits per heavy atom. The van der Waals surface area contributed by atoms with Crippen molar-refractivity contribution in [2.24, 2.45) is 5.92 Å². The molecule has 0 saturated carbocycles. The quantitative estimate of drug-likeness (QED) is 0.789. The van der Waals surface area contributed by atoms with E-state index in [1.54, 1.807) is 0 Å². The van der Waals surface area contributed by atoms with Crippen LogP contribution in [-0.2, 0) is 11.2 Å². The minimum absolute atomic E-state index is 0.142. The molecular weight excluding hydrogens is 300 g/mol. The number of likely N-dealkylation sites (tertiary alicyclic amines) is 1. The second-order valence-electron chi connectivity index (χ2n) is 7.22. The number of benzene rings is 1. The fraction of sp³-hybridized carbons (Fsp3) is 0.650. The van der Waals surface area contributed by atoms with Crippen molar-refractivity contribution >= 4 is 5.91 Å². The Balaban J connectivity index is 1.47. The van der Waals surface area contributed by atoms with Gasteiger partial charge in [0.2, 0.25) is 5.91 Å². The lowest BCUT2D eigenvalue weighted by Crippen LogP contribution is -2.46. The first-order chi connectivity index (χ1) is 11.7. The summed E-state index contributed by atoms with van der Waals surface area (Å²) in [6.07, 6.45) is 5.77. The van der Waals surface area contributed by atoms with Crippen LogP contribution in [-0.4, -0.2) is 41.6 Å². The number of unbranched alkanes of at least 4 members (excludes halogenated alkanes) is 2. The van der Waals surface area contributed by atoms with E-state index in [0.717, 1.165) is 50.9 Å². The molecule has 1 fully saturated rings. The zero-order valence-electron chi connectivity index (χ0n) is 14.7. The van der Waals surface area contributed by atoms with Crippen molar-refractivity contribution in [3.63, 3.8) is 0 Å². The van der Waals surface area contributed by atoms with Gasteiger partial charge in [-0.2, -0.15) is 0 Å². The van der Waals surface area contributed by atoms with Crippen molar-refractivity contribution < 1.29 is 9.90 Å². The van der Waals surface area contributed by atoms with Gasteiger partial charge in [0.25, 0.3) is 0 Å². The molecule has 0 bridgehead atoms. The summed E-state index contributed by atoms with van der Waals surface area (Å²) in [6.45, 7) is 4.79. The lowest BCUT2D eigenvalue weighted by atomic mass is 9.94. The van der Waals surface area contributed by atoms with E-state index in [-0.39, 0.29) is 24.0 Å². The summed E-state index contributed by atoms with van der Waals surface area (Å²) in [5.41, 5.74) is 2.35. The molecule has 2 atom stereocenters. The molecule has 1 aliphatic carbocycles. The van der Waals surface area contributed by atoms with Crippen LogP contribution in [0.25, 0.3) is 0 Å². The van der Waals surface area contributed by atoms with Gasteiger partial charge in [-0.25, -0.2) is 0 Å². The highest BCUT2D eigenvalue weighted by Gasteiger charge is 2.37. The van der Waals surface area contributed by atoms with Gasteiger partial charge in [-0.15, -0.1) is 0 Å². The molecule has 1 saturated heterocycles. The Labute approximate surface area is 145 Å². The van der Waals surface area contributed by atoms with Crippen molar-refractivity contribution in [2.45, 2.75) is 57.6 Å². The molecule has 3 rings (SSSR count). The highest BCUT2D eigenvalue weighted by molar-refractivity contribution is 5.78. The maximum atomic E-state index is 12.3. The largest absolute Gasteiger partial charge is 0.387 e. The van der Waals surface area contributed by atoms with E-state index in [2.05, 4.69) is 23.2 Å². The first-order valence-electron chi connectivity index (χ1n) is 9.48. The van der Waals surface area contributed by atoms with E-state index >= 15 is 0 Å². The number of aliphatic hydroxyl groups is 1. The monoisotopic (exact) mass is 330 g/mol. The Bertz CT molecular complexity index is 552. The first kappa shape index (κ1) is 17.4. The van der Waals surface area contributed by atoms with Gasteiger partial charge < -0.3 is 10.4 Å². The van der Waals surface area contributed by atoms with Crippen LogP contribution in [0, 0.1) is 5.92 Å². The smallest absolute Gasteiger partial charge is 0.223 e. The Morgan fingerprint density at radius 2 is 2.00 bits per heavy atom. The summed E-state index contributed by atoms with van der Waals surface area (Å²) in [6, 6.07) is 8.38. The molecule has 1 aromatic carbocycles. The molecule has 0 aromatic heterocycles. The van der Waals surface area contributed by atoms with Gasteiger partial charge in [-0.1, -0.05) is 44.0 Å². The molecule has 0 radical (unpaired) electrons. The minimum Gasteiger partial charge on any atom is -0.387 e. The molecule has 4 nitrogen and oxygen atoms in total. The van der Waals surface area contributed by atoms with Gasteiger partial charge in [-0.05, 0) is 49.9 Å². The summed E-state index contributed by atoms with van der Waals surface area (Å²) in [5, 5.41) is 13.7. The normalized spacial score (nSPS) is 24.8. The third kappa shape index (κ3) is 3.81. The number of nitrogens with one attached hydrogen (secondary N) is 1. The summed E-state index contributed by atoms with van der Waals surface area (Å²) >= 11 is 0. The topological polar surface area (TPSA) is 52.6 Å². The zero-order valence-corrected chi connectivity index (χ0v) is 14.7. The average Bonchev–Trinajstić information content (AvgIpc) is 2.96. The Morgan fingerprint density at radius 3 is 2.71 bits per heavy atom. The van der Waals surface area contributed by atoms with E-state index in [0.29, 0.717) is 0 Å². The molecule has 2 N–H and O–H groups in total. The van der Waals surface area contributed by atoms with Crippen LogP contribution in [0.3, 0.4) is 0 Å². The van der Waals surface area contributed by atoms with Gasteiger partial charge in [0.15, 0.2) is 0 Å². The van der Waals surface area contributed by atoms with Crippen LogP contribution in [0.1, 0.15) is 56.3 Å². The van der Waals surface area contributed by atoms with Crippen LogP contribution in [0.5, 0.6) is 0 Å². The van der Waals surface area contributed by atoms with Crippen molar-refractivity contribution in [3.05, 3.63) is 35.4 Å². The van der Waals surface area contributed by atoms with Crippen LogP contribution in [0.15, 0.2) is 24.3 Å². The predicted octanol–water partition coefficient (Wildman–Crippen LogP) is 2.66. The van der Waals surface area contributed by atoms with Gasteiger partial charge in [-0.3, -0.25) is 9.69 Å². The molecular formula is C20H30N2O2. The maximum Gasteiger partial charge on any atom is 0.223 e. The summed E-state index contributed by atoms with van der Waals surface area (Å²) < 4.78 is 0. The Kier molecular flexibility index (Phi) is 5.90. The summed E-state index contributed by atoms with van der Waals surface area (Å²) in [7, 11) is 0. The molecule has 24 heavy (non-hydrogen) atoms.